The molecule has 5 N–H and O–H groups in total. The SMILES string of the molecule is CCCC[C@H](NC(=O)NCCCC(N)=O)C(=O)O. The molecule has 104 valence electrons. The van der Waals surface area contributed by atoms with E-state index in [4.69, 9.17) is 10.8 Å². The summed E-state index contributed by atoms with van der Waals surface area (Å²) in [7, 11) is 0. The van der Waals surface area contributed by atoms with Crippen LogP contribution in [0.2, 0.25) is 0 Å². The quantitative estimate of drug-likeness (QED) is 0.442. The van der Waals surface area contributed by atoms with Gasteiger partial charge in [0.2, 0.25) is 5.91 Å². The number of aliphatic carboxylic acids is 1. The second-order valence-corrected chi connectivity index (χ2v) is 4.00. The Morgan fingerprint density at radius 2 is 1.94 bits per heavy atom. The maximum Gasteiger partial charge on any atom is 0.326 e. The molecule has 0 fully saturated rings. The smallest absolute Gasteiger partial charge is 0.326 e. The number of nitrogens with one attached hydrogen (secondary N) is 2. The van der Waals surface area contributed by atoms with Crippen molar-refractivity contribution in [3.63, 3.8) is 0 Å². The maximum atomic E-state index is 11.4. The minimum absolute atomic E-state index is 0.193. The average Bonchev–Trinajstić information content (AvgIpc) is 2.29. The molecule has 1 atom stereocenters. The monoisotopic (exact) mass is 259 g/mol. The molecule has 0 heterocycles. The van der Waals surface area contributed by atoms with Crippen LogP contribution in [0.25, 0.3) is 0 Å². The van der Waals surface area contributed by atoms with E-state index in [0.29, 0.717) is 12.8 Å². The van der Waals surface area contributed by atoms with Gasteiger partial charge in [-0.05, 0) is 12.8 Å². The van der Waals surface area contributed by atoms with Gasteiger partial charge < -0.3 is 21.5 Å². The van der Waals surface area contributed by atoms with E-state index in [9.17, 15) is 14.4 Å². The molecule has 0 aliphatic heterocycles. The number of rotatable bonds is 9. The molecule has 0 radical (unpaired) electrons. The van der Waals surface area contributed by atoms with E-state index in [-0.39, 0.29) is 13.0 Å². The topological polar surface area (TPSA) is 122 Å². The van der Waals surface area contributed by atoms with Crippen LogP contribution in [0, 0.1) is 0 Å². The summed E-state index contributed by atoms with van der Waals surface area (Å²) in [5.41, 5.74) is 4.94. The summed E-state index contributed by atoms with van der Waals surface area (Å²) < 4.78 is 0. The number of carbonyl (C=O) groups excluding carboxylic acids is 2. The second kappa shape index (κ2) is 9.26. The molecule has 0 rings (SSSR count). The number of hydrogen-bond donors (Lipinski definition) is 4. The van der Waals surface area contributed by atoms with E-state index in [1.165, 1.54) is 0 Å². The van der Waals surface area contributed by atoms with E-state index < -0.39 is 23.9 Å². The zero-order chi connectivity index (χ0) is 14.0. The van der Waals surface area contributed by atoms with Gasteiger partial charge in [0.1, 0.15) is 6.04 Å². The molecule has 0 aromatic rings. The van der Waals surface area contributed by atoms with Gasteiger partial charge in [0.15, 0.2) is 0 Å². The summed E-state index contributed by atoms with van der Waals surface area (Å²) in [5.74, 6) is -1.47. The number of carbonyl (C=O) groups is 3. The number of carboxylic acids is 1. The minimum atomic E-state index is -1.05. The Morgan fingerprint density at radius 3 is 2.44 bits per heavy atom. The van der Waals surface area contributed by atoms with E-state index in [1.54, 1.807) is 0 Å². The van der Waals surface area contributed by atoms with E-state index in [2.05, 4.69) is 10.6 Å². The average molecular weight is 259 g/mol. The Labute approximate surface area is 106 Å². The van der Waals surface area contributed by atoms with Gasteiger partial charge in [0, 0.05) is 13.0 Å². The second-order valence-electron chi connectivity index (χ2n) is 4.00. The molecule has 3 amide bonds. The Balaban J connectivity index is 3.87. The van der Waals surface area contributed by atoms with Gasteiger partial charge in [-0.25, -0.2) is 9.59 Å². The number of unbranched alkanes of at least 4 members (excludes halogenated alkanes) is 1. The number of carboxylic acid groups (broad SMARTS) is 1. The maximum absolute atomic E-state index is 11.4. The number of hydrogen-bond acceptors (Lipinski definition) is 3. The van der Waals surface area contributed by atoms with E-state index >= 15 is 0 Å². The highest BCUT2D eigenvalue weighted by atomic mass is 16.4. The van der Waals surface area contributed by atoms with Crippen LogP contribution in [0.3, 0.4) is 0 Å². The van der Waals surface area contributed by atoms with E-state index in [1.807, 2.05) is 6.92 Å². The first-order valence-electron chi connectivity index (χ1n) is 6.02. The number of amides is 3. The van der Waals surface area contributed by atoms with Gasteiger partial charge in [0.25, 0.3) is 0 Å². The van der Waals surface area contributed by atoms with E-state index in [0.717, 1.165) is 12.8 Å². The fourth-order valence-corrected chi connectivity index (χ4v) is 1.34. The Bertz CT molecular complexity index is 294. The molecule has 0 aromatic carbocycles. The van der Waals surface area contributed by atoms with Crippen LogP contribution in [-0.2, 0) is 9.59 Å². The predicted octanol–water partition coefficient (Wildman–Crippen LogP) is 0.195. The molecule has 0 spiro atoms. The highest BCUT2D eigenvalue weighted by Gasteiger charge is 2.18. The van der Waals surface area contributed by atoms with Crippen LogP contribution in [0.4, 0.5) is 4.79 Å². The molecular formula is C11H21N3O4. The summed E-state index contributed by atoms with van der Waals surface area (Å²) in [6.45, 7) is 2.23. The molecule has 7 heteroatoms. The Morgan fingerprint density at radius 1 is 1.28 bits per heavy atom. The predicted molar refractivity (Wildman–Crippen MR) is 65.9 cm³/mol. The third kappa shape index (κ3) is 8.37. The highest BCUT2D eigenvalue weighted by molar-refractivity contribution is 5.82. The number of urea groups is 1. The largest absolute Gasteiger partial charge is 0.480 e. The van der Waals surface area contributed by atoms with Gasteiger partial charge in [-0.2, -0.15) is 0 Å². The summed E-state index contributed by atoms with van der Waals surface area (Å²) in [4.78, 5) is 32.7. The van der Waals surface area contributed by atoms with Crippen LogP contribution < -0.4 is 16.4 Å². The van der Waals surface area contributed by atoms with Crippen molar-refractivity contribution in [2.75, 3.05) is 6.54 Å². The number of nitrogens with two attached hydrogens (primary N) is 1. The first-order chi connectivity index (χ1) is 8.47. The summed E-state index contributed by atoms with van der Waals surface area (Å²) >= 11 is 0. The molecule has 0 aliphatic rings. The first kappa shape index (κ1) is 16.2. The zero-order valence-corrected chi connectivity index (χ0v) is 10.6. The van der Waals surface area contributed by atoms with Gasteiger partial charge in [-0.3, -0.25) is 4.79 Å². The third-order valence-corrected chi connectivity index (χ3v) is 2.34. The van der Waals surface area contributed by atoms with Crippen molar-refractivity contribution in [3.05, 3.63) is 0 Å². The summed E-state index contributed by atoms with van der Waals surface area (Å²) in [6.07, 6.45) is 2.64. The van der Waals surface area contributed by atoms with Gasteiger partial charge in [0.05, 0.1) is 0 Å². The lowest BCUT2D eigenvalue weighted by Crippen LogP contribution is -2.46. The molecule has 0 aliphatic carbocycles. The lowest BCUT2D eigenvalue weighted by Gasteiger charge is -2.14. The Kier molecular flexibility index (Phi) is 8.34. The van der Waals surface area contributed by atoms with Crippen molar-refractivity contribution < 1.29 is 19.5 Å². The van der Waals surface area contributed by atoms with Crippen LogP contribution in [0.1, 0.15) is 39.0 Å². The Hall–Kier alpha value is -1.79. The fourth-order valence-electron chi connectivity index (χ4n) is 1.34. The van der Waals surface area contributed by atoms with Crippen molar-refractivity contribution in [2.45, 2.75) is 45.1 Å². The van der Waals surface area contributed by atoms with Crippen molar-refractivity contribution in [2.24, 2.45) is 5.73 Å². The number of primary amides is 1. The highest BCUT2D eigenvalue weighted by Crippen LogP contribution is 2.00. The lowest BCUT2D eigenvalue weighted by atomic mass is 10.1. The standard InChI is InChI=1S/C11H21N3O4/c1-2-3-5-8(10(16)17)14-11(18)13-7-4-6-9(12)15/h8H,2-7H2,1H3,(H2,12,15)(H,16,17)(H2,13,14,18)/t8-/m0/s1. The van der Waals surface area contributed by atoms with Crippen molar-refractivity contribution in [1.82, 2.24) is 10.6 Å². The molecule has 0 saturated carbocycles. The lowest BCUT2D eigenvalue weighted by molar-refractivity contribution is -0.139. The molecule has 0 aromatic heterocycles. The van der Waals surface area contributed by atoms with Crippen LogP contribution >= 0.6 is 0 Å². The van der Waals surface area contributed by atoms with Gasteiger partial charge in [-0.1, -0.05) is 19.8 Å². The molecule has 0 bridgehead atoms. The first-order valence-corrected chi connectivity index (χ1v) is 6.02. The van der Waals surface area contributed by atoms with Gasteiger partial charge >= 0.3 is 12.0 Å². The summed E-state index contributed by atoms with van der Waals surface area (Å²) in [5, 5.41) is 13.7. The molecular weight excluding hydrogens is 238 g/mol. The fraction of sp³-hybridized carbons (Fsp3) is 0.727. The molecule has 0 saturated heterocycles. The van der Waals surface area contributed by atoms with Crippen LogP contribution in [0.5, 0.6) is 0 Å². The third-order valence-electron chi connectivity index (χ3n) is 2.34. The van der Waals surface area contributed by atoms with Crippen molar-refractivity contribution in [3.8, 4) is 0 Å². The van der Waals surface area contributed by atoms with Crippen molar-refractivity contribution in [1.29, 1.82) is 0 Å². The van der Waals surface area contributed by atoms with Crippen LogP contribution in [-0.4, -0.2) is 35.6 Å². The molecule has 0 unspecified atom stereocenters. The zero-order valence-electron chi connectivity index (χ0n) is 10.6. The molecule has 18 heavy (non-hydrogen) atoms. The normalized spacial score (nSPS) is 11.6. The van der Waals surface area contributed by atoms with Crippen LogP contribution in [0.15, 0.2) is 0 Å². The summed E-state index contributed by atoms with van der Waals surface area (Å²) in [6, 6.07) is -1.41. The van der Waals surface area contributed by atoms with Crippen molar-refractivity contribution >= 4 is 17.9 Å². The minimum Gasteiger partial charge on any atom is -0.480 e. The van der Waals surface area contributed by atoms with Gasteiger partial charge in [-0.15, -0.1) is 0 Å². The molecule has 7 nitrogen and oxygen atoms in total.